The van der Waals surface area contributed by atoms with Gasteiger partial charge in [0.05, 0.1) is 5.92 Å². The molecule has 0 bridgehead atoms. The van der Waals surface area contributed by atoms with E-state index < -0.39 is 35.3 Å². The fourth-order valence-corrected chi connectivity index (χ4v) is 3.55. The summed E-state index contributed by atoms with van der Waals surface area (Å²) >= 11 is 12.3. The topological polar surface area (TPSA) is 128 Å². The molecule has 0 aliphatic carbocycles. The first-order valence-corrected chi connectivity index (χ1v) is 9.85. The van der Waals surface area contributed by atoms with Crippen LogP contribution in [0.1, 0.15) is 32.8 Å². The van der Waals surface area contributed by atoms with E-state index >= 15 is 0 Å². The second-order valence-corrected chi connectivity index (χ2v) is 8.08. The summed E-state index contributed by atoms with van der Waals surface area (Å²) in [5, 5.41) is 25.5. The number of carbonyl (C=O) groups excluding carboxylic acids is 3. The van der Waals surface area contributed by atoms with Crippen LogP contribution in [-0.4, -0.2) is 46.7 Å². The van der Waals surface area contributed by atoms with Crippen LogP contribution in [0.4, 0.5) is 0 Å². The Morgan fingerprint density at radius 1 is 1.10 bits per heavy atom. The predicted octanol–water partition coefficient (Wildman–Crippen LogP) is 1.69. The molecule has 29 heavy (non-hydrogen) atoms. The van der Waals surface area contributed by atoms with Crippen molar-refractivity contribution in [2.45, 2.75) is 45.3 Å². The summed E-state index contributed by atoms with van der Waals surface area (Å²) in [7, 11) is 1.40. The van der Waals surface area contributed by atoms with Gasteiger partial charge in [0, 0.05) is 23.5 Å². The van der Waals surface area contributed by atoms with Crippen LogP contribution in [0, 0.1) is 11.8 Å². The Kier molecular flexibility index (Phi) is 9.35. The van der Waals surface area contributed by atoms with Crippen molar-refractivity contribution in [2.24, 2.45) is 11.8 Å². The minimum atomic E-state index is -2.16. The number of rotatable bonds is 9. The van der Waals surface area contributed by atoms with Crippen molar-refractivity contribution < 1.29 is 24.7 Å². The Bertz CT molecular complexity index is 739. The maximum absolute atomic E-state index is 13.0. The molecule has 10 heteroatoms. The monoisotopic (exact) mass is 447 g/mol. The molecule has 0 spiro atoms. The fraction of sp³-hybridized carbons (Fsp3) is 0.526. The van der Waals surface area contributed by atoms with Gasteiger partial charge in [-0.25, -0.2) is 5.48 Å². The van der Waals surface area contributed by atoms with Gasteiger partial charge in [0.2, 0.25) is 11.8 Å². The lowest BCUT2D eigenvalue weighted by atomic mass is 9.80. The Balaban J connectivity index is 3.22. The van der Waals surface area contributed by atoms with E-state index in [9.17, 15) is 19.5 Å². The van der Waals surface area contributed by atoms with Crippen LogP contribution in [0.5, 0.6) is 0 Å². The zero-order valence-electron chi connectivity index (χ0n) is 16.8. The zero-order chi connectivity index (χ0) is 22.4. The Labute approximate surface area is 179 Å². The SMILES string of the molecule is CNC(=O)C(Cc1c(Cl)cccc1Cl)NC(=O)C(O)(CC(C)C)C(C)C(=O)NO. The average molecular weight is 448 g/mol. The summed E-state index contributed by atoms with van der Waals surface area (Å²) in [6.45, 7) is 4.84. The number of carbonyl (C=O) groups is 3. The molecule has 0 fully saturated rings. The lowest BCUT2D eigenvalue weighted by Gasteiger charge is -2.34. The average Bonchev–Trinajstić information content (AvgIpc) is 2.67. The highest BCUT2D eigenvalue weighted by Crippen LogP contribution is 2.28. The molecule has 0 radical (unpaired) electrons. The van der Waals surface area contributed by atoms with Crippen molar-refractivity contribution in [1.29, 1.82) is 0 Å². The van der Waals surface area contributed by atoms with Crippen LogP contribution in [0.25, 0.3) is 0 Å². The molecule has 0 saturated carbocycles. The van der Waals surface area contributed by atoms with Crippen molar-refractivity contribution in [3.63, 3.8) is 0 Å². The van der Waals surface area contributed by atoms with E-state index in [0.29, 0.717) is 15.6 Å². The largest absolute Gasteiger partial charge is 0.379 e. The van der Waals surface area contributed by atoms with E-state index in [0.717, 1.165) is 0 Å². The molecule has 0 aliphatic heterocycles. The van der Waals surface area contributed by atoms with Gasteiger partial charge >= 0.3 is 0 Å². The van der Waals surface area contributed by atoms with Crippen LogP contribution >= 0.6 is 23.2 Å². The normalized spacial score (nSPS) is 15.2. The van der Waals surface area contributed by atoms with Crippen molar-refractivity contribution in [3.05, 3.63) is 33.8 Å². The molecule has 1 aromatic rings. The summed E-state index contributed by atoms with van der Waals surface area (Å²) in [6.07, 6.45) is -0.0943. The third kappa shape index (κ3) is 6.30. The zero-order valence-corrected chi connectivity index (χ0v) is 18.3. The molecule has 8 nitrogen and oxygen atoms in total. The van der Waals surface area contributed by atoms with Gasteiger partial charge in [-0.05, 0) is 30.0 Å². The summed E-state index contributed by atoms with van der Waals surface area (Å²) in [5.74, 6) is -3.80. The van der Waals surface area contributed by atoms with E-state index in [1.165, 1.54) is 19.5 Å². The number of likely N-dealkylation sites (N-methyl/N-ethyl adjacent to an activating group) is 1. The van der Waals surface area contributed by atoms with Crippen molar-refractivity contribution in [2.75, 3.05) is 7.05 Å². The maximum atomic E-state index is 13.0. The Hall–Kier alpha value is -1.87. The first kappa shape index (κ1) is 25.2. The number of halogens is 2. The fourth-order valence-electron chi connectivity index (χ4n) is 3.00. The molecule has 0 heterocycles. The molecule has 0 saturated heterocycles. The molecule has 0 aliphatic rings. The second kappa shape index (κ2) is 10.8. The number of amides is 3. The van der Waals surface area contributed by atoms with E-state index in [-0.39, 0.29) is 18.8 Å². The number of hydrogen-bond donors (Lipinski definition) is 5. The second-order valence-electron chi connectivity index (χ2n) is 7.26. The smallest absolute Gasteiger partial charge is 0.253 e. The van der Waals surface area contributed by atoms with Gasteiger partial charge in [-0.15, -0.1) is 0 Å². The highest BCUT2D eigenvalue weighted by Gasteiger charge is 2.46. The molecule has 3 atom stereocenters. The summed E-state index contributed by atoms with van der Waals surface area (Å²) in [6, 6.07) is 3.76. The van der Waals surface area contributed by atoms with E-state index in [1.807, 2.05) is 0 Å². The molecule has 162 valence electrons. The first-order valence-electron chi connectivity index (χ1n) is 9.09. The van der Waals surface area contributed by atoms with Crippen LogP contribution in [-0.2, 0) is 20.8 Å². The lowest BCUT2D eigenvalue weighted by Crippen LogP contribution is -2.60. The quantitative estimate of drug-likeness (QED) is 0.290. The van der Waals surface area contributed by atoms with Gasteiger partial charge in [-0.3, -0.25) is 19.6 Å². The van der Waals surface area contributed by atoms with Crippen molar-refractivity contribution in [1.82, 2.24) is 16.1 Å². The van der Waals surface area contributed by atoms with Gasteiger partial charge in [-0.2, -0.15) is 0 Å². The third-order valence-corrected chi connectivity index (χ3v) is 5.38. The first-order chi connectivity index (χ1) is 13.5. The third-order valence-electron chi connectivity index (χ3n) is 4.67. The summed E-state index contributed by atoms with van der Waals surface area (Å²) in [5.41, 5.74) is -0.251. The number of hydroxylamine groups is 1. The predicted molar refractivity (Wildman–Crippen MR) is 110 cm³/mol. The van der Waals surface area contributed by atoms with E-state index in [4.69, 9.17) is 28.4 Å². The lowest BCUT2D eigenvalue weighted by molar-refractivity contribution is -0.159. The number of benzene rings is 1. The summed E-state index contributed by atoms with van der Waals surface area (Å²) in [4.78, 5) is 37.2. The number of aliphatic hydroxyl groups is 1. The van der Waals surface area contributed by atoms with Gasteiger partial charge in [0.25, 0.3) is 5.91 Å². The molecular formula is C19H27Cl2N3O5. The molecular weight excluding hydrogens is 421 g/mol. The maximum Gasteiger partial charge on any atom is 0.253 e. The highest BCUT2D eigenvalue weighted by molar-refractivity contribution is 6.36. The minimum absolute atomic E-state index is 0.0255. The molecule has 5 N–H and O–H groups in total. The standard InChI is InChI=1S/C19H27Cl2N3O5/c1-10(2)9-19(28,11(3)16(25)24-29)18(27)23-15(17(26)22-4)8-12-13(20)6-5-7-14(12)21/h5-7,10-11,15,28-29H,8-9H2,1-4H3,(H,22,26)(H,23,27)(H,24,25). The molecule has 0 aromatic heterocycles. The van der Waals surface area contributed by atoms with Gasteiger partial charge < -0.3 is 15.7 Å². The molecule has 1 aromatic carbocycles. The van der Waals surface area contributed by atoms with Crippen LogP contribution in [0.15, 0.2) is 18.2 Å². The Morgan fingerprint density at radius 3 is 2.10 bits per heavy atom. The van der Waals surface area contributed by atoms with Crippen LogP contribution in [0.2, 0.25) is 10.0 Å². The molecule has 3 amide bonds. The van der Waals surface area contributed by atoms with Crippen LogP contribution in [0.3, 0.4) is 0 Å². The molecule has 1 rings (SSSR count). The van der Waals surface area contributed by atoms with Gasteiger partial charge in [0.15, 0.2) is 5.60 Å². The minimum Gasteiger partial charge on any atom is -0.379 e. The summed E-state index contributed by atoms with van der Waals surface area (Å²) < 4.78 is 0. The van der Waals surface area contributed by atoms with E-state index in [1.54, 1.807) is 32.0 Å². The van der Waals surface area contributed by atoms with Crippen LogP contribution < -0.4 is 16.1 Å². The highest BCUT2D eigenvalue weighted by atomic mass is 35.5. The van der Waals surface area contributed by atoms with E-state index in [2.05, 4.69) is 10.6 Å². The van der Waals surface area contributed by atoms with Gasteiger partial charge in [0.1, 0.15) is 6.04 Å². The number of nitrogens with one attached hydrogen (secondary N) is 3. The van der Waals surface area contributed by atoms with Gasteiger partial charge in [-0.1, -0.05) is 50.0 Å². The number of hydrogen-bond acceptors (Lipinski definition) is 5. The molecule has 3 unspecified atom stereocenters. The Morgan fingerprint density at radius 2 is 1.66 bits per heavy atom. The van der Waals surface area contributed by atoms with Crippen molar-refractivity contribution in [3.8, 4) is 0 Å². The van der Waals surface area contributed by atoms with Crippen molar-refractivity contribution >= 4 is 40.9 Å².